The van der Waals surface area contributed by atoms with Crippen LogP contribution in [0.4, 0.5) is 5.69 Å². The molecule has 0 aliphatic carbocycles. The average Bonchev–Trinajstić information content (AvgIpc) is 2.71. The van der Waals surface area contributed by atoms with Gasteiger partial charge in [-0.05, 0) is 44.5 Å². The predicted octanol–water partition coefficient (Wildman–Crippen LogP) is 1.78. The Kier molecular flexibility index (Phi) is 3.97. The number of H-pyrrole nitrogens is 1. The fourth-order valence-corrected chi connectivity index (χ4v) is 1.96. The van der Waals surface area contributed by atoms with Crippen LogP contribution in [0.2, 0.25) is 0 Å². The van der Waals surface area contributed by atoms with Gasteiger partial charge in [-0.3, -0.25) is 9.89 Å². The summed E-state index contributed by atoms with van der Waals surface area (Å²) in [4.78, 5) is 12.2. The molecule has 2 aromatic rings. The smallest absolute Gasteiger partial charge is 0.255 e. The van der Waals surface area contributed by atoms with Crippen molar-refractivity contribution in [3.8, 4) is 0 Å². The van der Waals surface area contributed by atoms with Crippen molar-refractivity contribution in [2.24, 2.45) is 5.73 Å². The molecule has 1 amide bonds. The highest BCUT2D eigenvalue weighted by Crippen LogP contribution is 2.17. The van der Waals surface area contributed by atoms with E-state index in [-0.39, 0.29) is 5.91 Å². The molecule has 1 aromatic heterocycles. The minimum absolute atomic E-state index is 0.133. The molecular weight excluding hydrogens is 240 g/mol. The normalized spacial score (nSPS) is 10.5. The summed E-state index contributed by atoms with van der Waals surface area (Å²) in [6.45, 7) is 4.30. The minimum Gasteiger partial charge on any atom is -0.330 e. The van der Waals surface area contributed by atoms with E-state index in [2.05, 4.69) is 15.5 Å². The third kappa shape index (κ3) is 3.00. The van der Waals surface area contributed by atoms with Crippen molar-refractivity contribution in [3.05, 3.63) is 46.8 Å². The van der Waals surface area contributed by atoms with Crippen molar-refractivity contribution < 1.29 is 4.79 Å². The number of nitrogens with one attached hydrogen (secondary N) is 2. The Morgan fingerprint density at radius 3 is 2.84 bits per heavy atom. The molecule has 0 aliphatic rings. The molecule has 0 saturated heterocycles. The molecule has 2 rings (SSSR count). The second kappa shape index (κ2) is 5.67. The van der Waals surface area contributed by atoms with Crippen LogP contribution < -0.4 is 11.1 Å². The average molecular weight is 258 g/mol. The van der Waals surface area contributed by atoms with Crippen molar-refractivity contribution in [3.63, 3.8) is 0 Å². The first-order valence-corrected chi connectivity index (χ1v) is 6.23. The maximum atomic E-state index is 12.2. The number of rotatable bonds is 4. The van der Waals surface area contributed by atoms with Gasteiger partial charge in [0, 0.05) is 5.56 Å². The lowest BCUT2D eigenvalue weighted by atomic mass is 10.1. The van der Waals surface area contributed by atoms with Crippen molar-refractivity contribution >= 4 is 11.6 Å². The number of aromatic amines is 1. The minimum atomic E-state index is -0.133. The summed E-state index contributed by atoms with van der Waals surface area (Å²) < 4.78 is 0. The zero-order valence-electron chi connectivity index (χ0n) is 11.2. The Balaban J connectivity index is 2.18. The third-order valence-corrected chi connectivity index (χ3v) is 2.99. The lowest BCUT2D eigenvalue weighted by Gasteiger charge is -2.07. The van der Waals surface area contributed by atoms with E-state index in [1.54, 1.807) is 6.07 Å². The Morgan fingerprint density at radius 2 is 2.21 bits per heavy atom. The molecule has 0 radical (unpaired) electrons. The van der Waals surface area contributed by atoms with Crippen LogP contribution in [0.1, 0.15) is 27.3 Å². The first kappa shape index (κ1) is 13.3. The van der Waals surface area contributed by atoms with E-state index in [1.165, 1.54) is 0 Å². The monoisotopic (exact) mass is 258 g/mol. The summed E-state index contributed by atoms with van der Waals surface area (Å²) in [5.41, 5.74) is 9.60. The van der Waals surface area contributed by atoms with E-state index in [9.17, 15) is 4.79 Å². The predicted molar refractivity (Wildman–Crippen MR) is 75.2 cm³/mol. The van der Waals surface area contributed by atoms with Crippen LogP contribution in [0.25, 0.3) is 0 Å². The van der Waals surface area contributed by atoms with Crippen molar-refractivity contribution in [2.75, 3.05) is 11.9 Å². The molecule has 19 heavy (non-hydrogen) atoms. The van der Waals surface area contributed by atoms with E-state index in [0.717, 1.165) is 29.1 Å². The molecule has 0 saturated carbocycles. The summed E-state index contributed by atoms with van der Waals surface area (Å²) in [6, 6.07) is 7.50. The molecule has 0 atom stereocenters. The van der Waals surface area contributed by atoms with Crippen LogP contribution >= 0.6 is 0 Å². The first-order valence-electron chi connectivity index (χ1n) is 6.23. The largest absolute Gasteiger partial charge is 0.330 e. The van der Waals surface area contributed by atoms with Gasteiger partial charge in [-0.1, -0.05) is 12.1 Å². The first-order chi connectivity index (χ1) is 9.11. The molecule has 0 fully saturated rings. The summed E-state index contributed by atoms with van der Waals surface area (Å²) in [5.74, 6) is -0.133. The fraction of sp³-hybridized carbons (Fsp3) is 0.286. The van der Waals surface area contributed by atoms with Gasteiger partial charge in [0.25, 0.3) is 5.91 Å². The van der Waals surface area contributed by atoms with Crippen LogP contribution in [0.15, 0.2) is 24.3 Å². The van der Waals surface area contributed by atoms with Crippen molar-refractivity contribution in [2.45, 2.75) is 20.3 Å². The molecule has 4 N–H and O–H groups in total. The van der Waals surface area contributed by atoms with Crippen LogP contribution in [0.3, 0.4) is 0 Å². The highest BCUT2D eigenvalue weighted by molar-refractivity contribution is 6.04. The van der Waals surface area contributed by atoms with Gasteiger partial charge in [0.2, 0.25) is 0 Å². The van der Waals surface area contributed by atoms with Gasteiger partial charge in [0.05, 0.1) is 17.1 Å². The standard InChI is InChI=1S/C14H18N4O/c1-9-13(10(2)18-17-9)16-14(19)12-5-3-4-11(8-12)6-7-15/h3-5,8H,6-7,15H2,1-2H3,(H,16,19)(H,17,18). The van der Waals surface area contributed by atoms with E-state index in [1.807, 2.05) is 32.0 Å². The molecule has 0 spiro atoms. The third-order valence-electron chi connectivity index (χ3n) is 2.99. The lowest BCUT2D eigenvalue weighted by Crippen LogP contribution is -2.13. The number of hydrogen-bond donors (Lipinski definition) is 3. The molecule has 1 aromatic carbocycles. The molecule has 5 heteroatoms. The van der Waals surface area contributed by atoms with Crippen molar-refractivity contribution in [1.82, 2.24) is 10.2 Å². The van der Waals surface area contributed by atoms with Crippen LogP contribution in [-0.4, -0.2) is 22.6 Å². The number of aryl methyl sites for hydroxylation is 2. The van der Waals surface area contributed by atoms with Gasteiger partial charge in [-0.2, -0.15) is 5.10 Å². The number of nitrogens with two attached hydrogens (primary N) is 1. The van der Waals surface area contributed by atoms with Gasteiger partial charge in [0.1, 0.15) is 0 Å². The van der Waals surface area contributed by atoms with Gasteiger partial charge >= 0.3 is 0 Å². The lowest BCUT2D eigenvalue weighted by molar-refractivity contribution is 0.102. The number of benzene rings is 1. The maximum absolute atomic E-state index is 12.2. The molecular formula is C14H18N4O. The van der Waals surface area contributed by atoms with E-state index in [4.69, 9.17) is 5.73 Å². The zero-order valence-corrected chi connectivity index (χ0v) is 11.2. The van der Waals surface area contributed by atoms with Gasteiger partial charge < -0.3 is 11.1 Å². The zero-order chi connectivity index (χ0) is 13.8. The van der Waals surface area contributed by atoms with E-state index in [0.29, 0.717) is 12.1 Å². The summed E-state index contributed by atoms with van der Waals surface area (Å²) in [5, 5.41) is 9.78. The maximum Gasteiger partial charge on any atom is 0.255 e. The highest BCUT2D eigenvalue weighted by atomic mass is 16.1. The molecule has 0 aliphatic heterocycles. The summed E-state index contributed by atoms with van der Waals surface area (Å²) in [7, 11) is 0. The fourth-order valence-electron chi connectivity index (χ4n) is 1.96. The summed E-state index contributed by atoms with van der Waals surface area (Å²) in [6.07, 6.45) is 0.769. The second-order valence-electron chi connectivity index (χ2n) is 4.50. The molecule has 1 heterocycles. The number of nitrogens with zero attached hydrogens (tertiary/aromatic N) is 1. The van der Waals surface area contributed by atoms with Crippen LogP contribution in [0, 0.1) is 13.8 Å². The molecule has 0 unspecified atom stereocenters. The quantitative estimate of drug-likeness (QED) is 0.781. The van der Waals surface area contributed by atoms with E-state index < -0.39 is 0 Å². The number of carbonyl (C=O) groups is 1. The van der Waals surface area contributed by atoms with Gasteiger partial charge in [-0.25, -0.2) is 0 Å². The Bertz CT molecular complexity index is 569. The summed E-state index contributed by atoms with van der Waals surface area (Å²) >= 11 is 0. The van der Waals surface area contributed by atoms with Crippen LogP contribution in [-0.2, 0) is 6.42 Å². The Morgan fingerprint density at radius 1 is 1.42 bits per heavy atom. The Labute approximate surface area is 112 Å². The van der Waals surface area contributed by atoms with Crippen molar-refractivity contribution in [1.29, 1.82) is 0 Å². The molecule has 5 nitrogen and oxygen atoms in total. The topological polar surface area (TPSA) is 83.8 Å². The number of hydrogen-bond acceptors (Lipinski definition) is 3. The van der Waals surface area contributed by atoms with E-state index >= 15 is 0 Å². The molecule has 100 valence electrons. The van der Waals surface area contributed by atoms with Gasteiger partial charge in [-0.15, -0.1) is 0 Å². The van der Waals surface area contributed by atoms with Crippen LogP contribution in [0.5, 0.6) is 0 Å². The molecule has 0 bridgehead atoms. The SMILES string of the molecule is Cc1n[nH]c(C)c1NC(=O)c1cccc(CCN)c1. The Hall–Kier alpha value is -2.14. The number of carbonyl (C=O) groups excluding carboxylic acids is 1. The number of anilines is 1. The van der Waals surface area contributed by atoms with Gasteiger partial charge in [0.15, 0.2) is 0 Å². The number of aromatic nitrogens is 2. The number of amides is 1. The second-order valence-corrected chi connectivity index (χ2v) is 4.50. The highest BCUT2D eigenvalue weighted by Gasteiger charge is 2.12.